The molecule has 3 rings (SSSR count). The number of carbonyl (C=O) groups is 2. The highest BCUT2D eigenvalue weighted by atomic mass is 16.5. The number of methoxy groups -OCH3 is 1. The maximum absolute atomic E-state index is 13.3. The smallest absolute Gasteiger partial charge is 0.295 e. The zero-order chi connectivity index (χ0) is 25.9. The van der Waals surface area contributed by atoms with Gasteiger partial charge in [-0.05, 0) is 74.1 Å². The number of carbonyl (C=O) groups excluding carboxylic acids is 2. The van der Waals surface area contributed by atoms with Crippen molar-refractivity contribution < 1.29 is 19.4 Å². The Bertz CT molecular complexity index is 1110. The molecule has 1 unspecified atom stereocenters. The van der Waals surface area contributed by atoms with Crippen molar-refractivity contribution in [3.8, 4) is 5.75 Å². The van der Waals surface area contributed by atoms with Gasteiger partial charge in [0.2, 0.25) is 0 Å². The van der Waals surface area contributed by atoms with Crippen LogP contribution in [-0.2, 0) is 9.59 Å². The summed E-state index contributed by atoms with van der Waals surface area (Å²) in [5, 5.41) is 11.5. The number of aliphatic hydroxyl groups excluding tert-OH is 1. The molecule has 1 amide bonds. The zero-order valence-corrected chi connectivity index (χ0v) is 22.0. The van der Waals surface area contributed by atoms with Crippen LogP contribution in [0.5, 0.6) is 5.75 Å². The number of ketones is 1. The Kier molecular flexibility index (Phi) is 8.26. The van der Waals surface area contributed by atoms with Gasteiger partial charge in [-0.3, -0.25) is 9.59 Å². The number of ether oxygens (including phenoxy) is 1. The average Bonchev–Trinajstić information content (AvgIpc) is 3.09. The summed E-state index contributed by atoms with van der Waals surface area (Å²) in [5.41, 5.74) is 4.29. The van der Waals surface area contributed by atoms with Crippen molar-refractivity contribution in [2.24, 2.45) is 0 Å². The minimum atomic E-state index is -0.643. The molecular formula is C29H38N2O4. The van der Waals surface area contributed by atoms with E-state index in [0.29, 0.717) is 18.5 Å². The Labute approximate surface area is 209 Å². The number of Topliss-reactive ketones (excluding diaryl/α,β-unsaturated/α-hetero) is 1. The van der Waals surface area contributed by atoms with Crippen LogP contribution in [0.2, 0.25) is 0 Å². The van der Waals surface area contributed by atoms with Gasteiger partial charge in [0.05, 0.1) is 18.7 Å². The number of hydrogen-bond donors (Lipinski definition) is 1. The second-order valence-corrected chi connectivity index (χ2v) is 9.32. The fraction of sp³-hybridized carbons (Fsp3) is 0.448. The van der Waals surface area contributed by atoms with E-state index in [9.17, 15) is 14.7 Å². The van der Waals surface area contributed by atoms with Gasteiger partial charge in [0.15, 0.2) is 0 Å². The SMILES string of the molecule is CCCN1C(=O)C(=O)/C(=C(/O)c2cc(C(C)C)c(OC)cc2C)C1c1ccc(N(CC)CC)cc1. The molecule has 35 heavy (non-hydrogen) atoms. The van der Waals surface area contributed by atoms with E-state index < -0.39 is 17.7 Å². The van der Waals surface area contributed by atoms with Crippen molar-refractivity contribution in [3.63, 3.8) is 0 Å². The summed E-state index contributed by atoms with van der Waals surface area (Å²) in [6.07, 6.45) is 0.708. The van der Waals surface area contributed by atoms with Crippen LogP contribution in [0.15, 0.2) is 42.0 Å². The molecule has 0 saturated carbocycles. The van der Waals surface area contributed by atoms with Crippen molar-refractivity contribution in [2.75, 3.05) is 31.6 Å². The molecule has 0 spiro atoms. The summed E-state index contributed by atoms with van der Waals surface area (Å²) in [6.45, 7) is 14.4. The lowest BCUT2D eigenvalue weighted by Gasteiger charge is -2.26. The second-order valence-electron chi connectivity index (χ2n) is 9.32. The highest BCUT2D eigenvalue weighted by Gasteiger charge is 2.45. The van der Waals surface area contributed by atoms with Crippen LogP contribution in [0.4, 0.5) is 5.69 Å². The third-order valence-corrected chi connectivity index (χ3v) is 6.80. The number of anilines is 1. The second kappa shape index (κ2) is 11.0. The largest absolute Gasteiger partial charge is 0.507 e. The molecule has 1 aliphatic rings. The average molecular weight is 479 g/mol. The minimum absolute atomic E-state index is 0.137. The first-order valence-corrected chi connectivity index (χ1v) is 12.5. The molecular weight excluding hydrogens is 440 g/mol. The van der Waals surface area contributed by atoms with Gasteiger partial charge in [-0.2, -0.15) is 0 Å². The number of amides is 1. The van der Waals surface area contributed by atoms with Gasteiger partial charge in [0.25, 0.3) is 11.7 Å². The molecule has 6 heteroatoms. The molecule has 6 nitrogen and oxygen atoms in total. The van der Waals surface area contributed by atoms with E-state index >= 15 is 0 Å². The van der Waals surface area contributed by atoms with Crippen molar-refractivity contribution in [1.29, 1.82) is 0 Å². The van der Waals surface area contributed by atoms with E-state index in [2.05, 4.69) is 32.6 Å². The predicted molar refractivity (Wildman–Crippen MR) is 141 cm³/mol. The minimum Gasteiger partial charge on any atom is -0.507 e. The summed E-state index contributed by atoms with van der Waals surface area (Å²) < 4.78 is 5.54. The van der Waals surface area contributed by atoms with Crippen LogP contribution in [-0.4, -0.2) is 48.4 Å². The van der Waals surface area contributed by atoms with Gasteiger partial charge in [-0.25, -0.2) is 0 Å². The van der Waals surface area contributed by atoms with Crippen molar-refractivity contribution >= 4 is 23.1 Å². The molecule has 0 aromatic heterocycles. The topological polar surface area (TPSA) is 70.1 Å². The van der Waals surface area contributed by atoms with E-state index in [1.54, 1.807) is 12.0 Å². The van der Waals surface area contributed by atoms with Gasteiger partial charge in [-0.15, -0.1) is 0 Å². The maximum Gasteiger partial charge on any atom is 0.295 e. The van der Waals surface area contributed by atoms with Gasteiger partial charge in [0, 0.05) is 30.9 Å². The summed E-state index contributed by atoms with van der Waals surface area (Å²) in [4.78, 5) is 30.1. The summed E-state index contributed by atoms with van der Waals surface area (Å²) in [6, 6.07) is 11.1. The van der Waals surface area contributed by atoms with Gasteiger partial charge in [-0.1, -0.05) is 32.9 Å². The highest BCUT2D eigenvalue weighted by molar-refractivity contribution is 6.46. The molecule has 1 fully saturated rings. The molecule has 2 aromatic rings. The molecule has 0 bridgehead atoms. The third-order valence-electron chi connectivity index (χ3n) is 6.80. The fourth-order valence-corrected chi connectivity index (χ4v) is 4.88. The molecule has 2 aromatic carbocycles. The summed E-state index contributed by atoms with van der Waals surface area (Å²) in [5.74, 6) is -0.453. The quantitative estimate of drug-likeness (QED) is 0.280. The molecule has 1 saturated heterocycles. The Morgan fingerprint density at radius 1 is 1.09 bits per heavy atom. The Hall–Kier alpha value is -3.28. The number of nitrogens with zero attached hydrogens (tertiary/aromatic N) is 2. The number of aliphatic hydroxyl groups is 1. The lowest BCUT2D eigenvalue weighted by atomic mass is 9.91. The molecule has 1 aliphatic heterocycles. The Morgan fingerprint density at radius 2 is 1.71 bits per heavy atom. The summed E-state index contributed by atoms with van der Waals surface area (Å²) >= 11 is 0. The normalized spacial score (nSPS) is 17.4. The van der Waals surface area contributed by atoms with Crippen LogP contribution >= 0.6 is 0 Å². The highest BCUT2D eigenvalue weighted by Crippen LogP contribution is 2.41. The molecule has 0 aliphatic carbocycles. The van der Waals surface area contributed by atoms with E-state index in [4.69, 9.17) is 4.74 Å². The fourth-order valence-electron chi connectivity index (χ4n) is 4.88. The lowest BCUT2D eigenvalue weighted by molar-refractivity contribution is -0.139. The van der Waals surface area contributed by atoms with Gasteiger partial charge >= 0.3 is 0 Å². The van der Waals surface area contributed by atoms with E-state index in [-0.39, 0.29) is 17.3 Å². The molecule has 1 heterocycles. The van der Waals surface area contributed by atoms with E-state index in [0.717, 1.165) is 41.2 Å². The lowest BCUT2D eigenvalue weighted by Crippen LogP contribution is -2.30. The number of benzene rings is 2. The Morgan fingerprint density at radius 3 is 2.23 bits per heavy atom. The van der Waals surface area contributed by atoms with E-state index in [1.807, 2.05) is 50.2 Å². The standard InChI is InChI=1S/C29H38N2O4/c1-8-15-31-26(20-11-13-21(14-12-20)30(9-2)10-3)25(28(33)29(31)34)27(32)23-17-22(18(4)5)24(35-7)16-19(23)6/h11-14,16-18,26,32H,8-10,15H2,1-7H3/b27-25+. The third kappa shape index (κ3) is 4.93. The summed E-state index contributed by atoms with van der Waals surface area (Å²) in [7, 11) is 1.62. The van der Waals surface area contributed by atoms with Crippen molar-refractivity contribution in [3.05, 3.63) is 64.2 Å². The Balaban J connectivity index is 2.20. The zero-order valence-electron chi connectivity index (χ0n) is 22.0. The van der Waals surface area contributed by atoms with Crippen LogP contribution in [0.3, 0.4) is 0 Å². The first kappa shape index (κ1) is 26.3. The van der Waals surface area contributed by atoms with Gasteiger partial charge < -0.3 is 19.6 Å². The molecule has 1 N–H and O–H groups in total. The van der Waals surface area contributed by atoms with Gasteiger partial charge in [0.1, 0.15) is 11.5 Å². The number of likely N-dealkylation sites (tertiary alicyclic amines) is 1. The molecule has 0 radical (unpaired) electrons. The molecule has 188 valence electrons. The van der Waals surface area contributed by atoms with Crippen molar-refractivity contribution in [1.82, 2.24) is 4.90 Å². The first-order chi connectivity index (χ1) is 16.7. The van der Waals surface area contributed by atoms with Crippen LogP contribution < -0.4 is 9.64 Å². The number of hydrogen-bond acceptors (Lipinski definition) is 5. The van der Waals surface area contributed by atoms with Crippen molar-refractivity contribution in [2.45, 2.75) is 59.9 Å². The van der Waals surface area contributed by atoms with Crippen LogP contribution in [0, 0.1) is 6.92 Å². The van der Waals surface area contributed by atoms with Crippen LogP contribution in [0.25, 0.3) is 5.76 Å². The maximum atomic E-state index is 13.3. The number of rotatable bonds is 9. The number of aryl methyl sites for hydroxylation is 1. The van der Waals surface area contributed by atoms with E-state index in [1.165, 1.54) is 0 Å². The van der Waals surface area contributed by atoms with Crippen LogP contribution in [0.1, 0.15) is 75.3 Å². The molecule has 1 atom stereocenters. The monoisotopic (exact) mass is 478 g/mol. The first-order valence-electron chi connectivity index (χ1n) is 12.5. The predicted octanol–water partition coefficient (Wildman–Crippen LogP) is 5.80.